The summed E-state index contributed by atoms with van der Waals surface area (Å²) in [6.07, 6.45) is -2.73. The Morgan fingerprint density at radius 3 is 2.50 bits per heavy atom. The predicted octanol–water partition coefficient (Wildman–Crippen LogP) is 1.79. The highest BCUT2D eigenvalue weighted by atomic mass is 32.2. The zero-order chi connectivity index (χ0) is 22.1. The number of aryl methyl sites for hydroxylation is 2. The summed E-state index contributed by atoms with van der Waals surface area (Å²) in [5.41, 5.74) is 0.276. The van der Waals surface area contributed by atoms with Crippen molar-refractivity contribution in [1.82, 2.24) is 19.3 Å². The first-order valence-corrected chi connectivity index (χ1v) is 11.4. The van der Waals surface area contributed by atoms with Crippen LogP contribution in [0.4, 0.5) is 13.2 Å². The third-order valence-electron chi connectivity index (χ3n) is 5.60. The molecule has 2 saturated heterocycles. The minimum atomic E-state index is -4.27. The molecule has 0 N–H and O–H groups in total. The molecule has 30 heavy (non-hydrogen) atoms. The number of aromatic nitrogens is 1. The molecule has 0 aromatic carbocycles. The van der Waals surface area contributed by atoms with Crippen molar-refractivity contribution in [3.63, 3.8) is 0 Å². The summed E-state index contributed by atoms with van der Waals surface area (Å²) in [4.78, 5) is 15.9. The Kier molecular flexibility index (Phi) is 6.78. The van der Waals surface area contributed by atoms with E-state index in [1.165, 1.54) is 16.1 Å². The summed E-state index contributed by atoms with van der Waals surface area (Å²) >= 11 is 0. The molecule has 0 aliphatic carbocycles. The molecule has 0 bridgehead atoms. The number of alkyl halides is 3. The summed E-state index contributed by atoms with van der Waals surface area (Å²) < 4.78 is 70.3. The van der Waals surface area contributed by atoms with Crippen molar-refractivity contribution in [2.24, 2.45) is 5.92 Å². The van der Waals surface area contributed by atoms with Gasteiger partial charge in [-0.1, -0.05) is 5.16 Å². The zero-order valence-electron chi connectivity index (χ0n) is 17.1. The smallest absolute Gasteiger partial charge is 0.360 e. The molecule has 1 atom stereocenters. The van der Waals surface area contributed by atoms with Crippen LogP contribution in [0.3, 0.4) is 0 Å². The maximum Gasteiger partial charge on any atom is 0.401 e. The molecule has 2 aliphatic heterocycles. The highest BCUT2D eigenvalue weighted by Gasteiger charge is 2.38. The van der Waals surface area contributed by atoms with Crippen LogP contribution in [0.25, 0.3) is 0 Å². The molecule has 1 aromatic rings. The minimum absolute atomic E-state index is 0.0353. The topological polar surface area (TPSA) is 87.0 Å². The van der Waals surface area contributed by atoms with Gasteiger partial charge in [-0.25, -0.2) is 8.42 Å². The van der Waals surface area contributed by atoms with Gasteiger partial charge in [0.1, 0.15) is 10.6 Å². The van der Waals surface area contributed by atoms with E-state index in [2.05, 4.69) is 5.16 Å². The van der Waals surface area contributed by atoms with Gasteiger partial charge in [-0.05, 0) is 33.1 Å². The second kappa shape index (κ2) is 8.83. The average Bonchev–Trinajstić information content (AvgIpc) is 2.86. The molecule has 3 rings (SSSR count). The van der Waals surface area contributed by atoms with Gasteiger partial charge in [-0.15, -0.1) is 0 Å². The van der Waals surface area contributed by atoms with Gasteiger partial charge in [-0.2, -0.15) is 17.5 Å². The van der Waals surface area contributed by atoms with E-state index in [-0.39, 0.29) is 48.4 Å². The van der Waals surface area contributed by atoms with Crippen molar-refractivity contribution in [2.75, 3.05) is 45.8 Å². The molecule has 1 unspecified atom stereocenters. The summed E-state index contributed by atoms with van der Waals surface area (Å²) in [5.74, 6) is -0.496. The monoisotopic (exact) mass is 452 g/mol. The van der Waals surface area contributed by atoms with Crippen LogP contribution in [0.1, 0.15) is 30.7 Å². The molecule has 2 aliphatic rings. The number of rotatable bonds is 4. The maximum atomic E-state index is 13.1. The number of hydrogen-bond donors (Lipinski definition) is 0. The van der Waals surface area contributed by atoms with Crippen LogP contribution in [0, 0.1) is 19.8 Å². The number of nitrogens with zero attached hydrogens (tertiary/aromatic N) is 4. The molecule has 1 amide bonds. The van der Waals surface area contributed by atoms with E-state index < -0.39 is 28.7 Å². The lowest BCUT2D eigenvalue weighted by Gasteiger charge is -2.34. The van der Waals surface area contributed by atoms with Crippen LogP contribution in [0.15, 0.2) is 9.42 Å². The normalized spacial score (nSPS) is 22.8. The Hall–Kier alpha value is -1.66. The van der Waals surface area contributed by atoms with E-state index in [0.717, 1.165) is 0 Å². The second-order valence-electron chi connectivity index (χ2n) is 7.93. The summed E-state index contributed by atoms with van der Waals surface area (Å²) in [6.45, 7) is 3.47. The van der Waals surface area contributed by atoms with Crippen LogP contribution in [-0.2, 0) is 14.8 Å². The van der Waals surface area contributed by atoms with E-state index in [9.17, 15) is 26.4 Å². The molecule has 8 nitrogen and oxygen atoms in total. The minimum Gasteiger partial charge on any atom is -0.360 e. The fourth-order valence-electron chi connectivity index (χ4n) is 4.20. The second-order valence-corrected chi connectivity index (χ2v) is 9.80. The molecule has 0 saturated carbocycles. The van der Waals surface area contributed by atoms with Crippen molar-refractivity contribution < 1.29 is 30.9 Å². The fraction of sp³-hybridized carbons (Fsp3) is 0.778. The number of sulfonamides is 1. The molecular weight excluding hydrogens is 425 g/mol. The molecule has 1 aromatic heterocycles. The molecule has 170 valence electrons. The average molecular weight is 452 g/mol. The predicted molar refractivity (Wildman–Crippen MR) is 101 cm³/mol. The molecule has 12 heteroatoms. The first-order chi connectivity index (χ1) is 14.0. The number of amides is 1. The van der Waals surface area contributed by atoms with Gasteiger partial charge in [0.2, 0.25) is 15.9 Å². The molecule has 0 spiro atoms. The number of carbonyl (C=O) groups is 1. The van der Waals surface area contributed by atoms with Crippen LogP contribution in [-0.4, -0.2) is 85.6 Å². The van der Waals surface area contributed by atoms with E-state index in [1.54, 1.807) is 11.8 Å². The highest BCUT2D eigenvalue weighted by Crippen LogP contribution is 2.28. The van der Waals surface area contributed by atoms with Gasteiger partial charge in [0.05, 0.1) is 12.5 Å². The van der Waals surface area contributed by atoms with Gasteiger partial charge in [0.15, 0.2) is 5.76 Å². The van der Waals surface area contributed by atoms with Gasteiger partial charge in [0.25, 0.3) is 0 Å². The zero-order valence-corrected chi connectivity index (χ0v) is 17.9. The lowest BCUT2D eigenvalue weighted by Crippen LogP contribution is -2.47. The van der Waals surface area contributed by atoms with Crippen molar-refractivity contribution in [3.8, 4) is 0 Å². The van der Waals surface area contributed by atoms with Crippen molar-refractivity contribution >= 4 is 15.9 Å². The number of carbonyl (C=O) groups excluding carboxylic acids is 1. The van der Waals surface area contributed by atoms with Crippen LogP contribution in [0.2, 0.25) is 0 Å². The lowest BCUT2D eigenvalue weighted by atomic mass is 9.98. The Labute approximate surface area is 174 Å². The van der Waals surface area contributed by atoms with E-state index in [4.69, 9.17) is 4.52 Å². The largest absolute Gasteiger partial charge is 0.401 e. The first-order valence-electron chi connectivity index (χ1n) is 10.00. The van der Waals surface area contributed by atoms with Gasteiger partial charge < -0.3 is 9.42 Å². The summed E-state index contributed by atoms with van der Waals surface area (Å²) in [7, 11) is -3.84. The van der Waals surface area contributed by atoms with Crippen molar-refractivity contribution in [3.05, 3.63) is 11.5 Å². The number of halogens is 3. The lowest BCUT2D eigenvalue weighted by molar-refractivity contribution is -0.145. The first kappa shape index (κ1) is 23.0. The van der Waals surface area contributed by atoms with Crippen LogP contribution >= 0.6 is 0 Å². The van der Waals surface area contributed by atoms with Crippen LogP contribution in [0.5, 0.6) is 0 Å². The Balaban J connectivity index is 1.66. The molecule has 3 heterocycles. The Bertz CT molecular complexity index is 852. The standard InChI is InChI=1S/C18H27F3N4O4S/c1-13-16(14(2)29-22-13)30(27,28)25-8-3-5-15(11-25)17(26)24-7-4-6-23(9-10-24)12-18(19,20)21/h15H,3-12H2,1-2H3. The third-order valence-corrected chi connectivity index (χ3v) is 7.71. The summed E-state index contributed by atoms with van der Waals surface area (Å²) in [5, 5.41) is 3.71. The number of hydrogen-bond acceptors (Lipinski definition) is 6. The van der Waals surface area contributed by atoms with Gasteiger partial charge in [-0.3, -0.25) is 9.69 Å². The van der Waals surface area contributed by atoms with Crippen molar-refractivity contribution in [1.29, 1.82) is 0 Å². The highest BCUT2D eigenvalue weighted by molar-refractivity contribution is 7.89. The van der Waals surface area contributed by atoms with E-state index in [1.807, 2.05) is 0 Å². The Morgan fingerprint density at radius 1 is 1.13 bits per heavy atom. The quantitative estimate of drug-likeness (QED) is 0.692. The van der Waals surface area contributed by atoms with Crippen molar-refractivity contribution in [2.45, 2.75) is 44.2 Å². The summed E-state index contributed by atoms with van der Waals surface area (Å²) in [6, 6.07) is 0. The number of piperidine rings is 1. The molecule has 0 radical (unpaired) electrons. The van der Waals surface area contributed by atoms with E-state index >= 15 is 0 Å². The molecule has 2 fully saturated rings. The molecular formula is C18H27F3N4O4S. The maximum absolute atomic E-state index is 13.1. The third kappa shape index (κ3) is 5.14. The van der Waals surface area contributed by atoms with E-state index in [0.29, 0.717) is 32.4 Å². The van der Waals surface area contributed by atoms with Crippen LogP contribution < -0.4 is 0 Å². The fourth-order valence-corrected chi connectivity index (χ4v) is 6.01. The van der Waals surface area contributed by atoms with Gasteiger partial charge >= 0.3 is 6.18 Å². The van der Waals surface area contributed by atoms with Gasteiger partial charge in [0, 0.05) is 39.3 Å². The Morgan fingerprint density at radius 2 is 1.87 bits per heavy atom. The SMILES string of the molecule is Cc1noc(C)c1S(=O)(=O)N1CCCC(C(=O)N2CCCN(CC(F)(F)F)CC2)C1.